The lowest BCUT2D eigenvalue weighted by Gasteiger charge is -2.33. The number of likely N-dealkylation sites (tertiary alicyclic amines) is 1. The second kappa shape index (κ2) is 3.87. The summed E-state index contributed by atoms with van der Waals surface area (Å²) in [5.41, 5.74) is 5.50. The number of nitrogens with two attached hydrogens (primary N) is 1. The maximum absolute atomic E-state index is 10.8. The Labute approximate surface area is 72.3 Å². The molecule has 1 heterocycles. The van der Waals surface area contributed by atoms with E-state index in [1.807, 2.05) is 11.9 Å². The van der Waals surface area contributed by atoms with E-state index in [9.17, 15) is 4.79 Å². The summed E-state index contributed by atoms with van der Waals surface area (Å²) in [5, 5.41) is 8.88. The first-order valence-electron chi connectivity index (χ1n) is 4.26. The van der Waals surface area contributed by atoms with Gasteiger partial charge in [-0.1, -0.05) is 0 Å². The van der Waals surface area contributed by atoms with Crippen molar-refractivity contribution in [1.82, 2.24) is 4.90 Å². The minimum absolute atomic E-state index is 0.165. The molecule has 1 fully saturated rings. The van der Waals surface area contributed by atoms with E-state index in [1.165, 1.54) is 0 Å². The molecule has 70 valence electrons. The molecule has 4 nitrogen and oxygen atoms in total. The highest BCUT2D eigenvalue weighted by molar-refractivity contribution is 5.70. The molecule has 1 aliphatic rings. The van der Waals surface area contributed by atoms with Crippen molar-refractivity contribution in [1.29, 1.82) is 0 Å². The summed E-state index contributed by atoms with van der Waals surface area (Å²) in [7, 11) is 1.95. The smallest absolute Gasteiger partial charge is 0.308 e. The number of nitrogens with zero attached hydrogens (tertiary/aromatic N) is 1. The zero-order valence-electron chi connectivity index (χ0n) is 7.36. The van der Waals surface area contributed by atoms with Gasteiger partial charge in [0.2, 0.25) is 0 Å². The van der Waals surface area contributed by atoms with E-state index in [2.05, 4.69) is 0 Å². The molecule has 0 bridgehead atoms. The summed E-state index contributed by atoms with van der Waals surface area (Å²) in [5.74, 6) is -0.815. The average Bonchev–Trinajstić information content (AvgIpc) is 2.04. The van der Waals surface area contributed by atoms with Gasteiger partial charge in [-0.3, -0.25) is 4.79 Å². The summed E-state index contributed by atoms with van der Waals surface area (Å²) in [4.78, 5) is 12.8. The average molecular weight is 172 g/mol. The Hall–Kier alpha value is -0.610. The van der Waals surface area contributed by atoms with E-state index in [1.54, 1.807) is 0 Å². The zero-order valence-corrected chi connectivity index (χ0v) is 7.36. The molecule has 0 amide bonds. The topological polar surface area (TPSA) is 66.6 Å². The third-order valence-corrected chi connectivity index (χ3v) is 2.58. The second-order valence-corrected chi connectivity index (χ2v) is 3.49. The highest BCUT2D eigenvalue weighted by Gasteiger charge is 2.31. The van der Waals surface area contributed by atoms with Crippen molar-refractivity contribution in [2.45, 2.75) is 6.42 Å². The van der Waals surface area contributed by atoms with Gasteiger partial charge in [0.05, 0.1) is 5.92 Å². The van der Waals surface area contributed by atoms with Gasteiger partial charge in [-0.25, -0.2) is 0 Å². The number of aliphatic carboxylic acids is 1. The molecule has 1 saturated heterocycles. The lowest BCUT2D eigenvalue weighted by Crippen LogP contribution is -2.44. The molecule has 0 aromatic carbocycles. The van der Waals surface area contributed by atoms with Crippen molar-refractivity contribution in [3.8, 4) is 0 Å². The lowest BCUT2D eigenvalue weighted by atomic mass is 9.86. The number of hydrogen-bond donors (Lipinski definition) is 2. The fraction of sp³-hybridized carbons (Fsp3) is 0.875. The molecule has 2 atom stereocenters. The van der Waals surface area contributed by atoms with Crippen LogP contribution < -0.4 is 5.73 Å². The van der Waals surface area contributed by atoms with Gasteiger partial charge in [-0.2, -0.15) is 0 Å². The molecule has 0 aromatic rings. The highest BCUT2D eigenvalue weighted by Crippen LogP contribution is 2.21. The van der Waals surface area contributed by atoms with Crippen molar-refractivity contribution < 1.29 is 9.90 Å². The Morgan fingerprint density at radius 3 is 2.92 bits per heavy atom. The SMILES string of the molecule is CN1CC[C@H](CN)[C@H](C(=O)O)C1. The summed E-state index contributed by atoms with van der Waals surface area (Å²) >= 11 is 0. The Bertz CT molecular complexity index is 172. The highest BCUT2D eigenvalue weighted by atomic mass is 16.4. The minimum atomic E-state index is -0.711. The zero-order chi connectivity index (χ0) is 9.14. The van der Waals surface area contributed by atoms with Crippen molar-refractivity contribution in [2.24, 2.45) is 17.6 Å². The predicted octanol–water partition coefficient (Wildman–Crippen LogP) is -0.402. The number of carboxylic acids is 1. The fourth-order valence-electron chi connectivity index (χ4n) is 1.73. The van der Waals surface area contributed by atoms with Crippen molar-refractivity contribution in [2.75, 3.05) is 26.7 Å². The van der Waals surface area contributed by atoms with Crippen LogP contribution in [-0.4, -0.2) is 42.7 Å². The lowest BCUT2D eigenvalue weighted by molar-refractivity contribution is -0.145. The van der Waals surface area contributed by atoms with Crippen LogP contribution in [0, 0.1) is 11.8 Å². The first kappa shape index (κ1) is 9.48. The first-order valence-corrected chi connectivity index (χ1v) is 4.26. The molecule has 0 aromatic heterocycles. The van der Waals surface area contributed by atoms with Gasteiger partial charge in [-0.15, -0.1) is 0 Å². The third-order valence-electron chi connectivity index (χ3n) is 2.58. The third kappa shape index (κ3) is 1.95. The Morgan fingerprint density at radius 1 is 1.75 bits per heavy atom. The van der Waals surface area contributed by atoms with Gasteiger partial charge < -0.3 is 15.7 Å². The predicted molar refractivity (Wildman–Crippen MR) is 45.8 cm³/mol. The van der Waals surface area contributed by atoms with Crippen LogP contribution in [0.2, 0.25) is 0 Å². The van der Waals surface area contributed by atoms with E-state index >= 15 is 0 Å². The monoisotopic (exact) mass is 172 g/mol. The van der Waals surface area contributed by atoms with E-state index in [0.29, 0.717) is 13.1 Å². The van der Waals surface area contributed by atoms with Gasteiger partial charge in [0, 0.05) is 6.54 Å². The minimum Gasteiger partial charge on any atom is -0.481 e. The number of hydrogen-bond acceptors (Lipinski definition) is 3. The standard InChI is InChI=1S/C8H16N2O2/c1-10-3-2-6(4-9)7(5-10)8(11)12/h6-7H,2-5,9H2,1H3,(H,11,12)/t6-,7-/m1/s1. The van der Waals surface area contributed by atoms with Gasteiger partial charge in [0.1, 0.15) is 0 Å². The van der Waals surface area contributed by atoms with Gasteiger partial charge in [-0.05, 0) is 32.5 Å². The number of carbonyl (C=O) groups is 1. The van der Waals surface area contributed by atoms with E-state index in [0.717, 1.165) is 13.0 Å². The molecule has 4 heteroatoms. The Kier molecular flexibility index (Phi) is 3.05. The largest absolute Gasteiger partial charge is 0.481 e. The normalized spacial score (nSPS) is 31.8. The first-order chi connectivity index (χ1) is 5.65. The molecule has 0 radical (unpaired) electrons. The molecule has 0 aliphatic carbocycles. The van der Waals surface area contributed by atoms with Crippen LogP contribution in [0.15, 0.2) is 0 Å². The molecule has 3 N–H and O–H groups in total. The van der Waals surface area contributed by atoms with Crippen molar-refractivity contribution in [3.05, 3.63) is 0 Å². The van der Waals surface area contributed by atoms with Crippen LogP contribution in [0.4, 0.5) is 0 Å². The van der Waals surface area contributed by atoms with Gasteiger partial charge in [0.15, 0.2) is 0 Å². The van der Waals surface area contributed by atoms with Crippen LogP contribution >= 0.6 is 0 Å². The maximum atomic E-state index is 10.8. The Balaban J connectivity index is 2.58. The summed E-state index contributed by atoms with van der Waals surface area (Å²) in [6.07, 6.45) is 0.907. The maximum Gasteiger partial charge on any atom is 0.308 e. The van der Waals surface area contributed by atoms with Crippen LogP contribution in [0.3, 0.4) is 0 Å². The molecule has 1 rings (SSSR count). The Morgan fingerprint density at radius 2 is 2.42 bits per heavy atom. The molecule has 12 heavy (non-hydrogen) atoms. The molecule has 0 unspecified atom stereocenters. The number of piperidine rings is 1. The summed E-state index contributed by atoms with van der Waals surface area (Å²) < 4.78 is 0. The second-order valence-electron chi connectivity index (χ2n) is 3.49. The molecular formula is C8H16N2O2. The number of rotatable bonds is 2. The van der Waals surface area contributed by atoms with Gasteiger partial charge >= 0.3 is 5.97 Å². The summed E-state index contributed by atoms with van der Waals surface area (Å²) in [6.45, 7) is 2.09. The van der Waals surface area contributed by atoms with E-state index in [-0.39, 0.29) is 11.8 Å². The van der Waals surface area contributed by atoms with Crippen molar-refractivity contribution in [3.63, 3.8) is 0 Å². The quantitative estimate of drug-likeness (QED) is 0.594. The van der Waals surface area contributed by atoms with Crippen molar-refractivity contribution >= 4 is 5.97 Å². The van der Waals surface area contributed by atoms with Crippen LogP contribution in [0.1, 0.15) is 6.42 Å². The van der Waals surface area contributed by atoms with Gasteiger partial charge in [0.25, 0.3) is 0 Å². The summed E-state index contributed by atoms with van der Waals surface area (Å²) in [6, 6.07) is 0. The molecule has 0 saturated carbocycles. The molecule has 0 spiro atoms. The van der Waals surface area contributed by atoms with E-state index in [4.69, 9.17) is 10.8 Å². The number of carboxylic acid groups (broad SMARTS) is 1. The van der Waals surface area contributed by atoms with Crippen LogP contribution in [-0.2, 0) is 4.79 Å². The van der Waals surface area contributed by atoms with Crippen LogP contribution in [0.25, 0.3) is 0 Å². The molecule has 1 aliphatic heterocycles. The van der Waals surface area contributed by atoms with Crippen LogP contribution in [0.5, 0.6) is 0 Å². The molecular weight excluding hydrogens is 156 g/mol. The van der Waals surface area contributed by atoms with E-state index < -0.39 is 5.97 Å². The fourth-order valence-corrected chi connectivity index (χ4v) is 1.73.